The van der Waals surface area contributed by atoms with Crippen LogP contribution in [0.3, 0.4) is 0 Å². The maximum atomic E-state index is 12.8. The number of carbonyl (C=O) groups is 1. The quantitative estimate of drug-likeness (QED) is 0.879. The average molecular weight is 373 g/mol. The summed E-state index contributed by atoms with van der Waals surface area (Å²) < 4.78 is 6.04. The van der Waals surface area contributed by atoms with E-state index in [4.69, 9.17) is 4.74 Å². The van der Waals surface area contributed by atoms with Gasteiger partial charge in [0.15, 0.2) is 0 Å². The van der Waals surface area contributed by atoms with Crippen molar-refractivity contribution in [2.24, 2.45) is 11.8 Å². The van der Waals surface area contributed by atoms with E-state index in [2.05, 4.69) is 36.0 Å². The van der Waals surface area contributed by atoms with Crippen molar-refractivity contribution in [2.75, 3.05) is 26.2 Å². The van der Waals surface area contributed by atoms with Crippen LogP contribution in [0.1, 0.15) is 44.8 Å². The molecule has 4 atom stereocenters. The Kier molecular flexibility index (Phi) is 7.54. The molecule has 2 aliphatic heterocycles. The van der Waals surface area contributed by atoms with Gasteiger partial charge in [-0.15, -0.1) is 12.4 Å². The van der Waals surface area contributed by atoms with Crippen LogP contribution in [0, 0.1) is 11.8 Å². The maximum absolute atomic E-state index is 12.8. The number of hydrogen-bond acceptors (Lipinski definition) is 4. The van der Waals surface area contributed by atoms with Crippen LogP contribution in [0.15, 0.2) is 16.8 Å². The molecule has 1 aromatic heterocycles. The zero-order valence-electron chi connectivity index (χ0n) is 14.6. The highest BCUT2D eigenvalue weighted by Crippen LogP contribution is 2.29. The summed E-state index contributed by atoms with van der Waals surface area (Å²) in [5, 5.41) is 7.66. The van der Waals surface area contributed by atoms with Crippen molar-refractivity contribution >= 4 is 29.7 Å². The minimum absolute atomic E-state index is 0. The van der Waals surface area contributed by atoms with Gasteiger partial charge in [-0.25, -0.2) is 0 Å². The van der Waals surface area contributed by atoms with Gasteiger partial charge >= 0.3 is 0 Å². The third-order valence-electron chi connectivity index (χ3n) is 5.16. The van der Waals surface area contributed by atoms with Crippen LogP contribution in [0.25, 0.3) is 0 Å². The van der Waals surface area contributed by atoms with Gasteiger partial charge in [-0.3, -0.25) is 4.79 Å². The minimum Gasteiger partial charge on any atom is -0.367 e. The standard InChI is InChI=1S/C18H28N2O2S.ClH/c1-13(15-4-3-6-19-9-15)8-18(21)20-10-14(2)22-17(11-20)16-5-7-23-12-16;/h5,7,12-15,17,19H,3-4,6,8-11H2,1-2H3;1H. The summed E-state index contributed by atoms with van der Waals surface area (Å²) in [4.78, 5) is 14.8. The molecule has 0 saturated carbocycles. The van der Waals surface area contributed by atoms with Crippen molar-refractivity contribution < 1.29 is 9.53 Å². The molecule has 3 heterocycles. The van der Waals surface area contributed by atoms with Crippen molar-refractivity contribution in [3.63, 3.8) is 0 Å². The Balaban J connectivity index is 0.00000208. The van der Waals surface area contributed by atoms with Crippen LogP contribution in [-0.4, -0.2) is 43.1 Å². The van der Waals surface area contributed by atoms with E-state index >= 15 is 0 Å². The molecule has 4 unspecified atom stereocenters. The molecule has 4 nitrogen and oxygen atoms in total. The number of rotatable bonds is 4. The van der Waals surface area contributed by atoms with Crippen LogP contribution in [0.4, 0.5) is 0 Å². The molecule has 24 heavy (non-hydrogen) atoms. The Hall–Kier alpha value is -0.620. The predicted octanol–water partition coefficient (Wildman–Crippen LogP) is 3.48. The summed E-state index contributed by atoms with van der Waals surface area (Å²) in [6, 6.07) is 2.10. The van der Waals surface area contributed by atoms with Gasteiger partial charge < -0.3 is 15.0 Å². The molecular formula is C18H29ClN2O2S. The lowest BCUT2D eigenvalue weighted by Gasteiger charge is -2.38. The van der Waals surface area contributed by atoms with Crippen molar-refractivity contribution in [2.45, 2.75) is 45.3 Å². The van der Waals surface area contributed by atoms with Gasteiger partial charge in [0.2, 0.25) is 5.91 Å². The number of hydrogen-bond donors (Lipinski definition) is 1. The van der Waals surface area contributed by atoms with Crippen LogP contribution < -0.4 is 5.32 Å². The van der Waals surface area contributed by atoms with E-state index in [1.165, 1.54) is 18.4 Å². The Morgan fingerprint density at radius 2 is 2.33 bits per heavy atom. The fourth-order valence-corrected chi connectivity index (χ4v) is 4.43. The highest BCUT2D eigenvalue weighted by Gasteiger charge is 2.31. The fourth-order valence-electron chi connectivity index (χ4n) is 3.73. The molecule has 0 spiro atoms. The molecule has 2 saturated heterocycles. The second-order valence-electron chi connectivity index (χ2n) is 7.08. The van der Waals surface area contributed by atoms with Crippen molar-refractivity contribution in [1.29, 1.82) is 0 Å². The first-order chi connectivity index (χ1) is 11.1. The lowest BCUT2D eigenvalue weighted by atomic mass is 9.85. The van der Waals surface area contributed by atoms with Gasteiger partial charge in [0.1, 0.15) is 6.10 Å². The maximum Gasteiger partial charge on any atom is 0.223 e. The van der Waals surface area contributed by atoms with Gasteiger partial charge in [-0.2, -0.15) is 11.3 Å². The first kappa shape index (κ1) is 19.7. The summed E-state index contributed by atoms with van der Waals surface area (Å²) in [5.41, 5.74) is 1.20. The molecule has 136 valence electrons. The predicted molar refractivity (Wildman–Crippen MR) is 101 cm³/mol. The monoisotopic (exact) mass is 372 g/mol. The molecule has 0 bridgehead atoms. The molecule has 2 fully saturated rings. The molecule has 0 aliphatic carbocycles. The lowest BCUT2D eigenvalue weighted by molar-refractivity contribution is -0.146. The second-order valence-corrected chi connectivity index (χ2v) is 7.86. The van der Waals surface area contributed by atoms with E-state index in [0.717, 1.165) is 19.6 Å². The topological polar surface area (TPSA) is 41.6 Å². The summed E-state index contributed by atoms with van der Waals surface area (Å²) in [7, 11) is 0. The van der Waals surface area contributed by atoms with E-state index < -0.39 is 0 Å². The molecule has 1 N–H and O–H groups in total. The lowest BCUT2D eigenvalue weighted by Crippen LogP contribution is -2.46. The first-order valence-corrected chi connectivity index (χ1v) is 9.74. The number of nitrogens with zero attached hydrogens (tertiary/aromatic N) is 1. The second kappa shape index (κ2) is 9.18. The first-order valence-electron chi connectivity index (χ1n) is 8.79. The molecular weight excluding hydrogens is 344 g/mol. The van der Waals surface area contributed by atoms with E-state index in [-0.39, 0.29) is 24.6 Å². The third kappa shape index (κ3) is 4.94. The van der Waals surface area contributed by atoms with Crippen molar-refractivity contribution in [3.05, 3.63) is 22.4 Å². The molecule has 1 aromatic rings. The number of carbonyl (C=O) groups excluding carboxylic acids is 1. The van der Waals surface area contributed by atoms with Gasteiger partial charge in [0, 0.05) is 13.0 Å². The zero-order chi connectivity index (χ0) is 16.2. The molecule has 6 heteroatoms. The Bertz CT molecular complexity index is 505. The van der Waals surface area contributed by atoms with Crippen LogP contribution in [0.2, 0.25) is 0 Å². The smallest absolute Gasteiger partial charge is 0.223 e. The highest BCUT2D eigenvalue weighted by molar-refractivity contribution is 7.07. The number of thiophene rings is 1. The Morgan fingerprint density at radius 3 is 3.00 bits per heavy atom. The summed E-state index contributed by atoms with van der Waals surface area (Å²) in [6.45, 7) is 7.89. The number of halogens is 1. The van der Waals surface area contributed by atoms with Gasteiger partial charge in [-0.05, 0) is 67.1 Å². The summed E-state index contributed by atoms with van der Waals surface area (Å²) >= 11 is 1.68. The number of ether oxygens (including phenoxy) is 1. The molecule has 0 radical (unpaired) electrons. The molecule has 0 aromatic carbocycles. The van der Waals surface area contributed by atoms with Gasteiger partial charge in [-0.1, -0.05) is 6.92 Å². The highest BCUT2D eigenvalue weighted by atomic mass is 35.5. The Labute approximate surface area is 155 Å². The molecule has 3 rings (SSSR count). The molecule has 2 aliphatic rings. The number of morpholine rings is 1. The van der Waals surface area contributed by atoms with E-state index in [9.17, 15) is 4.79 Å². The number of amides is 1. The zero-order valence-corrected chi connectivity index (χ0v) is 16.2. The van der Waals surface area contributed by atoms with Crippen LogP contribution in [0.5, 0.6) is 0 Å². The van der Waals surface area contributed by atoms with E-state index in [1.54, 1.807) is 11.3 Å². The van der Waals surface area contributed by atoms with Crippen molar-refractivity contribution in [1.82, 2.24) is 10.2 Å². The van der Waals surface area contributed by atoms with Crippen molar-refractivity contribution in [3.8, 4) is 0 Å². The SMILES string of the molecule is CC1CN(C(=O)CC(C)C2CCCNC2)CC(c2ccsc2)O1.Cl. The normalized spacial score (nSPS) is 28.9. The fraction of sp³-hybridized carbons (Fsp3) is 0.722. The number of piperidine rings is 1. The molecule has 1 amide bonds. The van der Waals surface area contributed by atoms with Gasteiger partial charge in [0.25, 0.3) is 0 Å². The third-order valence-corrected chi connectivity index (χ3v) is 5.87. The Morgan fingerprint density at radius 1 is 1.50 bits per heavy atom. The minimum atomic E-state index is 0. The average Bonchev–Trinajstić information content (AvgIpc) is 3.09. The van der Waals surface area contributed by atoms with E-state index in [0.29, 0.717) is 30.7 Å². The van der Waals surface area contributed by atoms with E-state index in [1.807, 2.05) is 4.90 Å². The largest absolute Gasteiger partial charge is 0.367 e. The number of nitrogens with one attached hydrogen (secondary N) is 1. The van der Waals surface area contributed by atoms with Crippen LogP contribution >= 0.6 is 23.7 Å². The summed E-state index contributed by atoms with van der Waals surface area (Å²) in [5.74, 6) is 1.38. The van der Waals surface area contributed by atoms with Crippen LogP contribution in [-0.2, 0) is 9.53 Å². The summed E-state index contributed by atoms with van der Waals surface area (Å²) in [6.07, 6.45) is 3.27. The van der Waals surface area contributed by atoms with Gasteiger partial charge in [0.05, 0.1) is 12.6 Å².